The molecule has 21 heavy (non-hydrogen) atoms. The summed E-state index contributed by atoms with van der Waals surface area (Å²) in [5.74, 6) is 2.38. The Kier molecular flexibility index (Phi) is 4.39. The fraction of sp³-hybridized carbons (Fsp3) is 0.667. The Labute approximate surface area is 127 Å². The van der Waals surface area contributed by atoms with E-state index in [1.807, 2.05) is 18.2 Å². The van der Waals surface area contributed by atoms with Crippen LogP contribution in [0.15, 0.2) is 18.2 Å². The number of benzene rings is 1. The van der Waals surface area contributed by atoms with Crippen LogP contribution in [0.3, 0.4) is 0 Å². The molecule has 1 aromatic rings. The molecule has 1 aromatic carbocycles. The predicted octanol–water partition coefficient (Wildman–Crippen LogP) is 4.03. The number of rotatable bonds is 3. The Morgan fingerprint density at radius 1 is 1.14 bits per heavy atom. The number of fused-ring (bicyclic) bond motifs is 1. The first kappa shape index (κ1) is 14.7. The fourth-order valence-corrected chi connectivity index (χ4v) is 3.59. The van der Waals surface area contributed by atoms with Crippen molar-refractivity contribution < 1.29 is 14.6 Å². The lowest BCUT2D eigenvalue weighted by Crippen LogP contribution is -2.31. The molecule has 1 N–H and O–H groups in total. The molecule has 2 aliphatic rings. The van der Waals surface area contributed by atoms with Crippen LogP contribution in [0.2, 0.25) is 0 Å². The highest BCUT2D eigenvalue weighted by molar-refractivity contribution is 5.45. The van der Waals surface area contributed by atoms with Crippen molar-refractivity contribution in [3.8, 4) is 11.5 Å². The van der Waals surface area contributed by atoms with Gasteiger partial charge >= 0.3 is 0 Å². The maximum Gasteiger partial charge on any atom is 0.161 e. The van der Waals surface area contributed by atoms with Gasteiger partial charge in [-0.05, 0) is 49.3 Å². The van der Waals surface area contributed by atoms with Gasteiger partial charge in [-0.3, -0.25) is 0 Å². The molecule has 0 amide bonds. The van der Waals surface area contributed by atoms with Gasteiger partial charge in [0.15, 0.2) is 11.5 Å². The van der Waals surface area contributed by atoms with Crippen molar-refractivity contribution in [1.82, 2.24) is 0 Å². The Morgan fingerprint density at radius 2 is 1.86 bits per heavy atom. The molecule has 3 heteroatoms. The molecule has 1 aliphatic carbocycles. The Hall–Kier alpha value is -1.22. The summed E-state index contributed by atoms with van der Waals surface area (Å²) in [7, 11) is 0. The van der Waals surface area contributed by atoms with E-state index in [1.54, 1.807) is 0 Å². The van der Waals surface area contributed by atoms with Gasteiger partial charge in [0.25, 0.3) is 0 Å². The number of hydrogen-bond donors (Lipinski definition) is 1. The largest absolute Gasteiger partial charge is 0.490 e. The summed E-state index contributed by atoms with van der Waals surface area (Å²) in [5.41, 5.74) is 0.302. The highest BCUT2D eigenvalue weighted by Gasteiger charge is 2.35. The third-order valence-electron chi connectivity index (χ3n) is 4.91. The molecule has 116 valence electrons. The smallest absolute Gasteiger partial charge is 0.161 e. The molecule has 0 aromatic heterocycles. The normalized spacial score (nSPS) is 29.0. The molecule has 0 radical (unpaired) electrons. The van der Waals surface area contributed by atoms with Crippen LogP contribution in [0.1, 0.15) is 57.4 Å². The van der Waals surface area contributed by atoms with Gasteiger partial charge < -0.3 is 14.6 Å². The van der Waals surface area contributed by atoms with Crippen molar-refractivity contribution in [2.75, 3.05) is 13.2 Å². The van der Waals surface area contributed by atoms with Gasteiger partial charge in [-0.2, -0.15) is 0 Å². The Morgan fingerprint density at radius 3 is 2.57 bits per heavy atom. The quantitative estimate of drug-likeness (QED) is 0.913. The van der Waals surface area contributed by atoms with E-state index >= 15 is 0 Å². The van der Waals surface area contributed by atoms with E-state index in [9.17, 15) is 5.11 Å². The lowest BCUT2D eigenvalue weighted by atomic mass is 9.74. The monoisotopic (exact) mass is 290 g/mol. The average Bonchev–Trinajstić information content (AvgIpc) is 2.74. The van der Waals surface area contributed by atoms with Crippen molar-refractivity contribution >= 4 is 0 Å². The maximum atomic E-state index is 11.0. The topological polar surface area (TPSA) is 38.7 Å². The Bertz CT molecular complexity index is 475. The molecule has 3 rings (SSSR count). The predicted molar refractivity (Wildman–Crippen MR) is 82.8 cm³/mol. The summed E-state index contributed by atoms with van der Waals surface area (Å²) < 4.78 is 11.4. The van der Waals surface area contributed by atoms with E-state index in [-0.39, 0.29) is 0 Å². The van der Waals surface area contributed by atoms with Crippen LogP contribution in [0.4, 0.5) is 0 Å². The molecule has 0 unspecified atom stereocenters. The van der Waals surface area contributed by atoms with Crippen molar-refractivity contribution in [1.29, 1.82) is 0 Å². The molecule has 0 spiro atoms. The minimum Gasteiger partial charge on any atom is -0.490 e. The summed E-state index contributed by atoms with van der Waals surface area (Å²) >= 11 is 0. The van der Waals surface area contributed by atoms with Crippen LogP contribution in [0.5, 0.6) is 11.5 Å². The second kappa shape index (κ2) is 6.27. The third kappa shape index (κ3) is 3.18. The molecule has 1 heterocycles. The first-order chi connectivity index (χ1) is 10.2. The van der Waals surface area contributed by atoms with Crippen LogP contribution in [0, 0.1) is 5.92 Å². The molecule has 3 nitrogen and oxygen atoms in total. The van der Waals surface area contributed by atoms with Crippen molar-refractivity contribution in [3.05, 3.63) is 23.8 Å². The van der Waals surface area contributed by atoms with Crippen LogP contribution in [-0.2, 0) is 5.60 Å². The van der Waals surface area contributed by atoms with Crippen LogP contribution in [0.25, 0.3) is 0 Å². The van der Waals surface area contributed by atoms with Gasteiger partial charge in [0.05, 0.1) is 18.8 Å². The maximum absolute atomic E-state index is 11.0. The number of hydrogen-bond acceptors (Lipinski definition) is 3. The number of aliphatic hydroxyl groups is 1. The molecule has 1 fully saturated rings. The first-order valence-electron chi connectivity index (χ1n) is 8.34. The van der Waals surface area contributed by atoms with Gasteiger partial charge in [0.2, 0.25) is 0 Å². The van der Waals surface area contributed by atoms with Crippen LogP contribution < -0.4 is 9.47 Å². The van der Waals surface area contributed by atoms with E-state index in [4.69, 9.17) is 9.47 Å². The second-order valence-electron chi connectivity index (χ2n) is 6.48. The molecule has 0 atom stereocenters. The summed E-state index contributed by atoms with van der Waals surface area (Å²) in [6, 6.07) is 5.94. The van der Waals surface area contributed by atoms with Gasteiger partial charge in [-0.15, -0.1) is 0 Å². The van der Waals surface area contributed by atoms with Gasteiger partial charge in [-0.25, -0.2) is 0 Å². The third-order valence-corrected chi connectivity index (χ3v) is 4.91. The van der Waals surface area contributed by atoms with E-state index in [0.717, 1.165) is 55.1 Å². The zero-order valence-corrected chi connectivity index (χ0v) is 12.9. The molecule has 0 saturated heterocycles. The fourth-order valence-electron chi connectivity index (χ4n) is 3.59. The van der Waals surface area contributed by atoms with Crippen molar-refractivity contribution in [2.24, 2.45) is 5.92 Å². The highest BCUT2D eigenvalue weighted by Crippen LogP contribution is 2.43. The van der Waals surface area contributed by atoms with Crippen LogP contribution >= 0.6 is 0 Å². The standard InChI is InChI=1S/C18H26O3/c1-2-4-14-7-9-18(19,10-8-14)15-5-6-16-17(13-15)21-12-3-11-20-16/h5-6,13-14,19H,2-4,7-12H2,1H3. The minimum absolute atomic E-state index is 0.686. The molecule has 1 aliphatic heterocycles. The first-order valence-corrected chi connectivity index (χ1v) is 8.34. The van der Waals surface area contributed by atoms with Gasteiger partial charge in [0, 0.05) is 6.42 Å². The average molecular weight is 290 g/mol. The summed E-state index contributed by atoms with van der Waals surface area (Å²) in [5, 5.41) is 11.0. The van der Waals surface area contributed by atoms with E-state index in [1.165, 1.54) is 12.8 Å². The van der Waals surface area contributed by atoms with Crippen molar-refractivity contribution in [2.45, 2.75) is 57.5 Å². The van der Waals surface area contributed by atoms with E-state index in [2.05, 4.69) is 6.92 Å². The molecular weight excluding hydrogens is 264 g/mol. The van der Waals surface area contributed by atoms with Gasteiger partial charge in [-0.1, -0.05) is 25.8 Å². The lowest BCUT2D eigenvalue weighted by molar-refractivity contribution is -0.0154. The molecule has 1 saturated carbocycles. The van der Waals surface area contributed by atoms with Gasteiger partial charge in [0.1, 0.15) is 0 Å². The zero-order chi connectivity index (χ0) is 14.7. The minimum atomic E-state index is -0.686. The lowest BCUT2D eigenvalue weighted by Gasteiger charge is -2.36. The highest BCUT2D eigenvalue weighted by atomic mass is 16.5. The number of ether oxygens (including phenoxy) is 2. The Balaban J connectivity index is 1.76. The summed E-state index contributed by atoms with van der Waals surface area (Å²) in [6.07, 6.45) is 7.41. The van der Waals surface area contributed by atoms with E-state index < -0.39 is 5.60 Å². The molecular formula is C18H26O3. The SMILES string of the molecule is CCCC1CCC(O)(c2ccc3c(c2)OCCCO3)CC1. The molecule has 0 bridgehead atoms. The summed E-state index contributed by atoms with van der Waals surface area (Å²) in [4.78, 5) is 0. The second-order valence-corrected chi connectivity index (χ2v) is 6.48. The summed E-state index contributed by atoms with van der Waals surface area (Å²) in [6.45, 7) is 3.63. The van der Waals surface area contributed by atoms with E-state index in [0.29, 0.717) is 13.2 Å². The van der Waals surface area contributed by atoms with Crippen molar-refractivity contribution in [3.63, 3.8) is 0 Å². The van der Waals surface area contributed by atoms with Crippen LogP contribution in [-0.4, -0.2) is 18.3 Å². The zero-order valence-electron chi connectivity index (χ0n) is 12.9.